The van der Waals surface area contributed by atoms with Crippen molar-refractivity contribution in [3.05, 3.63) is 21.8 Å². The van der Waals surface area contributed by atoms with E-state index in [1.165, 1.54) is 0 Å². The Hall–Kier alpha value is -0.590. The Morgan fingerprint density at radius 1 is 1.46 bits per heavy atom. The predicted octanol–water partition coefficient (Wildman–Crippen LogP) is 2.55. The van der Waals surface area contributed by atoms with Crippen LogP contribution in [-0.2, 0) is 0 Å². The minimum atomic E-state index is -2.36. The Balaban J connectivity index is 2.67. The summed E-state index contributed by atoms with van der Waals surface area (Å²) >= 11 is 2.11. The maximum Gasteiger partial charge on any atom is 0.255 e. The Kier molecular flexibility index (Phi) is 3.71. The zero-order valence-corrected chi connectivity index (χ0v) is 8.89. The first-order valence-electron chi connectivity index (χ1n) is 3.66. The third kappa shape index (κ3) is 3.33. The molecule has 0 fully saturated rings. The number of benzene rings is 1. The fourth-order valence-electron chi connectivity index (χ4n) is 0.882. The summed E-state index contributed by atoms with van der Waals surface area (Å²) in [7, 11) is 0. The Morgan fingerprint density at radius 2 is 2.15 bits per heavy atom. The first-order valence-corrected chi connectivity index (χ1v) is 4.74. The normalized spacial score (nSPS) is 10.5. The van der Waals surface area contributed by atoms with Crippen molar-refractivity contribution in [2.24, 2.45) is 0 Å². The van der Waals surface area contributed by atoms with Crippen molar-refractivity contribution >= 4 is 34.0 Å². The van der Waals surface area contributed by atoms with Gasteiger partial charge in [-0.1, -0.05) is 0 Å². The second-order valence-electron chi connectivity index (χ2n) is 2.50. The average Bonchev–Trinajstić information content (AvgIpc) is 2.02. The molecular weight excluding hydrogens is 289 g/mol. The van der Waals surface area contributed by atoms with E-state index in [1.807, 2.05) is 6.07 Å². The average molecular weight is 298 g/mol. The molecule has 72 valence electrons. The molecule has 0 atom stereocenters. The Morgan fingerprint density at radius 3 is 2.69 bits per heavy atom. The van der Waals surface area contributed by atoms with E-state index in [9.17, 15) is 8.78 Å². The van der Waals surface area contributed by atoms with Gasteiger partial charge in [-0.3, -0.25) is 0 Å². The van der Waals surface area contributed by atoms with Crippen LogP contribution in [0.4, 0.5) is 20.2 Å². The maximum atomic E-state index is 11.8. The van der Waals surface area contributed by atoms with Crippen LogP contribution in [0.2, 0.25) is 0 Å². The molecule has 1 aromatic rings. The number of nitrogen functional groups attached to an aromatic ring is 1. The van der Waals surface area contributed by atoms with Gasteiger partial charge in [0.1, 0.15) is 0 Å². The molecule has 0 saturated heterocycles. The lowest BCUT2D eigenvalue weighted by molar-refractivity contribution is 0.163. The third-order valence-electron chi connectivity index (χ3n) is 1.46. The van der Waals surface area contributed by atoms with Crippen molar-refractivity contribution in [2.45, 2.75) is 6.43 Å². The van der Waals surface area contributed by atoms with Crippen LogP contribution in [0.1, 0.15) is 0 Å². The van der Waals surface area contributed by atoms with E-state index in [0.29, 0.717) is 11.4 Å². The molecule has 3 N–H and O–H groups in total. The molecule has 1 aromatic carbocycles. The van der Waals surface area contributed by atoms with Crippen LogP contribution in [0.15, 0.2) is 18.2 Å². The number of halogens is 3. The number of nitrogens with one attached hydrogen (secondary N) is 1. The number of hydrogen-bond donors (Lipinski definition) is 2. The summed E-state index contributed by atoms with van der Waals surface area (Å²) in [6, 6.07) is 5.23. The zero-order valence-electron chi connectivity index (χ0n) is 6.73. The second kappa shape index (κ2) is 4.59. The van der Waals surface area contributed by atoms with Crippen LogP contribution in [0.25, 0.3) is 0 Å². The van der Waals surface area contributed by atoms with Gasteiger partial charge in [0, 0.05) is 3.57 Å². The molecule has 0 bridgehead atoms. The lowest BCUT2D eigenvalue weighted by Crippen LogP contribution is -2.11. The van der Waals surface area contributed by atoms with E-state index >= 15 is 0 Å². The highest BCUT2D eigenvalue weighted by Crippen LogP contribution is 2.20. The van der Waals surface area contributed by atoms with Gasteiger partial charge in [0.25, 0.3) is 6.43 Å². The molecule has 0 aromatic heterocycles. The standard InChI is InChI=1S/C8H9F2IN2/c9-8(10)4-13-7-2-1-5(11)3-6(7)12/h1-3,8,13H,4,12H2. The van der Waals surface area contributed by atoms with Crippen LogP contribution < -0.4 is 11.1 Å². The topological polar surface area (TPSA) is 38.0 Å². The molecule has 0 heterocycles. The molecule has 0 aliphatic heterocycles. The molecular formula is C8H9F2IN2. The van der Waals surface area contributed by atoms with Crippen molar-refractivity contribution < 1.29 is 8.78 Å². The Bertz CT molecular complexity index is 291. The molecule has 0 aliphatic carbocycles. The SMILES string of the molecule is Nc1cc(I)ccc1NCC(F)F. The molecule has 13 heavy (non-hydrogen) atoms. The molecule has 0 radical (unpaired) electrons. The molecule has 2 nitrogen and oxygen atoms in total. The summed E-state index contributed by atoms with van der Waals surface area (Å²) in [5, 5.41) is 2.56. The summed E-state index contributed by atoms with van der Waals surface area (Å²) in [6.07, 6.45) is -2.36. The number of anilines is 2. The number of alkyl halides is 2. The van der Waals surface area contributed by atoms with Gasteiger partial charge in [-0.2, -0.15) is 0 Å². The van der Waals surface area contributed by atoms with Crippen LogP contribution >= 0.6 is 22.6 Å². The zero-order chi connectivity index (χ0) is 9.84. The van der Waals surface area contributed by atoms with Gasteiger partial charge in [0.05, 0.1) is 17.9 Å². The number of hydrogen-bond acceptors (Lipinski definition) is 2. The summed E-state index contributed by atoms with van der Waals surface area (Å²) < 4.78 is 24.6. The first kappa shape index (κ1) is 10.5. The van der Waals surface area contributed by atoms with Crippen molar-refractivity contribution in [1.29, 1.82) is 0 Å². The predicted molar refractivity (Wildman–Crippen MR) is 58.1 cm³/mol. The highest BCUT2D eigenvalue weighted by atomic mass is 127. The molecule has 1 rings (SSSR count). The van der Waals surface area contributed by atoms with E-state index in [2.05, 4.69) is 27.9 Å². The first-order chi connectivity index (χ1) is 6.09. The highest BCUT2D eigenvalue weighted by molar-refractivity contribution is 14.1. The lowest BCUT2D eigenvalue weighted by Gasteiger charge is -2.08. The monoisotopic (exact) mass is 298 g/mol. The van der Waals surface area contributed by atoms with Crippen LogP contribution in [0, 0.1) is 3.57 Å². The van der Waals surface area contributed by atoms with Crippen molar-refractivity contribution in [3.63, 3.8) is 0 Å². The van der Waals surface area contributed by atoms with Gasteiger partial charge < -0.3 is 11.1 Å². The second-order valence-corrected chi connectivity index (χ2v) is 3.75. The largest absolute Gasteiger partial charge is 0.397 e. The summed E-state index contributed by atoms with van der Waals surface area (Å²) in [5.41, 5.74) is 6.64. The van der Waals surface area contributed by atoms with Crippen molar-refractivity contribution in [3.8, 4) is 0 Å². The fourth-order valence-corrected chi connectivity index (χ4v) is 1.40. The summed E-state index contributed by atoms with van der Waals surface area (Å²) in [4.78, 5) is 0. The number of rotatable bonds is 3. The van der Waals surface area contributed by atoms with Crippen LogP contribution in [0.5, 0.6) is 0 Å². The van der Waals surface area contributed by atoms with Crippen LogP contribution in [0.3, 0.4) is 0 Å². The van der Waals surface area contributed by atoms with Crippen molar-refractivity contribution in [1.82, 2.24) is 0 Å². The van der Waals surface area contributed by atoms with Gasteiger partial charge in [-0.15, -0.1) is 0 Å². The summed E-state index contributed by atoms with van der Waals surface area (Å²) in [6.45, 7) is -0.370. The molecule has 0 saturated carbocycles. The molecule has 0 amide bonds. The van der Waals surface area contributed by atoms with Crippen molar-refractivity contribution in [2.75, 3.05) is 17.6 Å². The quantitative estimate of drug-likeness (QED) is 0.665. The maximum absolute atomic E-state index is 11.8. The lowest BCUT2D eigenvalue weighted by atomic mass is 10.3. The van der Waals surface area contributed by atoms with E-state index < -0.39 is 6.43 Å². The Labute approximate surface area is 88.6 Å². The van der Waals surface area contributed by atoms with Gasteiger partial charge in [0.15, 0.2) is 0 Å². The van der Waals surface area contributed by atoms with E-state index in [1.54, 1.807) is 12.1 Å². The van der Waals surface area contributed by atoms with E-state index in [0.717, 1.165) is 3.57 Å². The number of nitrogens with two attached hydrogens (primary N) is 1. The molecule has 0 unspecified atom stereocenters. The third-order valence-corrected chi connectivity index (χ3v) is 2.13. The van der Waals surface area contributed by atoms with E-state index in [4.69, 9.17) is 5.73 Å². The van der Waals surface area contributed by atoms with E-state index in [-0.39, 0.29) is 6.54 Å². The molecule has 0 aliphatic rings. The minimum Gasteiger partial charge on any atom is -0.397 e. The van der Waals surface area contributed by atoms with Crippen LogP contribution in [-0.4, -0.2) is 13.0 Å². The van der Waals surface area contributed by atoms with Gasteiger partial charge >= 0.3 is 0 Å². The summed E-state index contributed by atoms with van der Waals surface area (Å²) in [5.74, 6) is 0. The van der Waals surface area contributed by atoms with Gasteiger partial charge in [0.2, 0.25) is 0 Å². The minimum absolute atomic E-state index is 0.370. The fraction of sp³-hybridized carbons (Fsp3) is 0.250. The molecule has 5 heteroatoms. The van der Waals surface area contributed by atoms with Gasteiger partial charge in [-0.25, -0.2) is 8.78 Å². The smallest absolute Gasteiger partial charge is 0.255 e. The van der Waals surface area contributed by atoms with Gasteiger partial charge in [-0.05, 0) is 40.8 Å². The highest BCUT2D eigenvalue weighted by Gasteiger charge is 2.03. The molecule has 0 spiro atoms.